The van der Waals surface area contributed by atoms with Crippen LogP contribution in [0.5, 0.6) is 5.75 Å². The Morgan fingerprint density at radius 3 is 2.66 bits per heavy atom. The molecule has 0 unspecified atom stereocenters. The number of hydroxylamine groups is 1. The highest BCUT2D eigenvalue weighted by molar-refractivity contribution is 5.76. The Balaban J connectivity index is 1.17. The molecular weight excluding hydrogens is 415 g/mol. The molecule has 3 N–H and O–H groups in total. The Kier molecular flexibility index (Phi) is 6.24. The monoisotopic (exact) mass is 448 g/mol. The Morgan fingerprint density at radius 1 is 1.19 bits per heavy atom. The van der Waals surface area contributed by atoms with Crippen molar-refractivity contribution in [2.45, 2.75) is 55.8 Å². The summed E-state index contributed by atoms with van der Waals surface area (Å²) >= 11 is 0. The number of hydrogen-bond donors (Lipinski definition) is 3. The lowest BCUT2D eigenvalue weighted by Gasteiger charge is -2.48. The molecule has 1 aromatic carbocycles. The van der Waals surface area contributed by atoms with Gasteiger partial charge in [0.2, 0.25) is 5.96 Å². The Morgan fingerprint density at radius 2 is 1.94 bits per heavy atom. The molecule has 32 heavy (non-hydrogen) atoms. The number of halogens is 1. The van der Waals surface area contributed by atoms with Gasteiger partial charge < -0.3 is 19.1 Å². The molecule has 0 amide bonds. The Labute approximate surface area is 188 Å². The van der Waals surface area contributed by atoms with Crippen molar-refractivity contribution in [3.8, 4) is 5.75 Å². The van der Waals surface area contributed by atoms with E-state index in [4.69, 9.17) is 24.8 Å². The molecule has 0 aliphatic carbocycles. The lowest BCUT2D eigenvalue weighted by atomic mass is 9.86. The topological polar surface area (TPSA) is 90.3 Å². The standard InChI is InChI=1S/C23H33FN4O4/c24-17-1-2-21(32-19-5-9-30-10-6-19)20(11-17)16-3-7-27(8-4-16)18-12-23(31-13-18)14-28(15-23)22(25)26-29/h1-2,11,16,18-19,29H,3-10,12-15H2,(H2,25,26)/t18-/m0/s1. The van der Waals surface area contributed by atoms with Gasteiger partial charge in [-0.15, -0.1) is 0 Å². The molecule has 1 spiro atoms. The van der Waals surface area contributed by atoms with E-state index < -0.39 is 0 Å². The first-order valence-corrected chi connectivity index (χ1v) is 11.7. The Hall–Kier alpha value is -1.94. The van der Waals surface area contributed by atoms with Crippen LogP contribution >= 0.6 is 0 Å². The molecule has 5 rings (SSSR count). The molecule has 0 radical (unpaired) electrons. The molecule has 9 heteroatoms. The molecule has 4 aliphatic rings. The molecule has 0 saturated carbocycles. The van der Waals surface area contributed by atoms with E-state index in [9.17, 15) is 4.39 Å². The molecular formula is C23H33FN4O4. The van der Waals surface area contributed by atoms with Crippen LogP contribution in [-0.4, -0.2) is 84.7 Å². The van der Waals surface area contributed by atoms with Gasteiger partial charge in [0.05, 0.1) is 32.9 Å². The quantitative estimate of drug-likeness (QED) is 0.370. The summed E-state index contributed by atoms with van der Waals surface area (Å²) in [6.45, 7) is 5.35. The minimum Gasteiger partial charge on any atom is -0.490 e. The van der Waals surface area contributed by atoms with Crippen molar-refractivity contribution >= 4 is 5.96 Å². The number of benzene rings is 1. The number of nitrogens with one attached hydrogen (secondary N) is 2. The molecule has 4 saturated heterocycles. The first kappa shape index (κ1) is 21.9. The number of likely N-dealkylation sites (tertiary alicyclic amines) is 2. The SMILES string of the molecule is N=C(NO)N1CC2(C[C@H](N3CCC(c4cc(F)ccc4OC4CCOCC4)CC3)CO2)C1. The third kappa shape index (κ3) is 4.44. The lowest BCUT2D eigenvalue weighted by molar-refractivity contribution is -0.0870. The van der Waals surface area contributed by atoms with Crippen molar-refractivity contribution in [1.82, 2.24) is 15.3 Å². The zero-order valence-electron chi connectivity index (χ0n) is 18.4. The highest BCUT2D eigenvalue weighted by atomic mass is 19.1. The average molecular weight is 449 g/mol. The molecule has 4 heterocycles. The van der Waals surface area contributed by atoms with Gasteiger partial charge in [0.15, 0.2) is 0 Å². The van der Waals surface area contributed by atoms with E-state index in [0.717, 1.165) is 69.7 Å². The lowest BCUT2D eigenvalue weighted by Crippen LogP contribution is -2.65. The number of rotatable bonds is 4. The van der Waals surface area contributed by atoms with Gasteiger partial charge in [0.1, 0.15) is 23.3 Å². The van der Waals surface area contributed by atoms with Gasteiger partial charge >= 0.3 is 0 Å². The van der Waals surface area contributed by atoms with Gasteiger partial charge in [0.25, 0.3) is 0 Å². The zero-order chi connectivity index (χ0) is 22.1. The number of ether oxygens (including phenoxy) is 3. The molecule has 176 valence electrons. The predicted molar refractivity (Wildman–Crippen MR) is 116 cm³/mol. The van der Waals surface area contributed by atoms with E-state index in [-0.39, 0.29) is 23.5 Å². The second-order valence-electron chi connectivity index (χ2n) is 9.59. The van der Waals surface area contributed by atoms with Gasteiger partial charge in [-0.2, -0.15) is 0 Å². The number of nitrogens with zero attached hydrogens (tertiary/aromatic N) is 2. The number of guanidine groups is 1. The fraction of sp³-hybridized carbons (Fsp3) is 0.696. The molecule has 1 atom stereocenters. The minimum atomic E-state index is -0.203. The third-order valence-electron chi connectivity index (χ3n) is 7.49. The van der Waals surface area contributed by atoms with Crippen LogP contribution in [0.25, 0.3) is 0 Å². The van der Waals surface area contributed by atoms with Crippen LogP contribution < -0.4 is 10.2 Å². The van der Waals surface area contributed by atoms with Crippen molar-refractivity contribution in [2.24, 2.45) is 0 Å². The van der Waals surface area contributed by atoms with Crippen LogP contribution in [0.15, 0.2) is 18.2 Å². The largest absolute Gasteiger partial charge is 0.490 e. The smallest absolute Gasteiger partial charge is 0.215 e. The van der Waals surface area contributed by atoms with E-state index in [1.54, 1.807) is 17.0 Å². The normalized spacial score (nSPS) is 26.8. The zero-order valence-corrected chi connectivity index (χ0v) is 18.4. The summed E-state index contributed by atoms with van der Waals surface area (Å²) in [7, 11) is 0. The highest BCUT2D eigenvalue weighted by Gasteiger charge is 2.51. The van der Waals surface area contributed by atoms with Crippen molar-refractivity contribution in [1.29, 1.82) is 5.41 Å². The summed E-state index contributed by atoms with van der Waals surface area (Å²) in [6.07, 6.45) is 4.80. The summed E-state index contributed by atoms with van der Waals surface area (Å²) in [5.74, 6) is 0.945. The third-order valence-corrected chi connectivity index (χ3v) is 7.49. The molecule has 4 aliphatic heterocycles. The van der Waals surface area contributed by atoms with Crippen LogP contribution in [0.4, 0.5) is 4.39 Å². The van der Waals surface area contributed by atoms with Crippen LogP contribution in [0, 0.1) is 11.2 Å². The Bertz CT molecular complexity index is 820. The van der Waals surface area contributed by atoms with Crippen LogP contribution in [0.2, 0.25) is 0 Å². The van der Waals surface area contributed by atoms with Gasteiger partial charge in [-0.25, -0.2) is 9.87 Å². The van der Waals surface area contributed by atoms with Gasteiger partial charge in [-0.3, -0.25) is 15.5 Å². The second-order valence-corrected chi connectivity index (χ2v) is 9.59. The van der Waals surface area contributed by atoms with Crippen molar-refractivity contribution in [2.75, 3.05) is 46.0 Å². The summed E-state index contributed by atoms with van der Waals surface area (Å²) < 4.78 is 32.0. The van der Waals surface area contributed by atoms with Crippen LogP contribution in [0.1, 0.15) is 43.6 Å². The fourth-order valence-electron chi connectivity index (χ4n) is 5.65. The molecule has 4 fully saturated rings. The number of hydrogen-bond acceptors (Lipinski definition) is 6. The summed E-state index contributed by atoms with van der Waals surface area (Å²) in [6, 6.07) is 5.33. The fourth-order valence-corrected chi connectivity index (χ4v) is 5.65. The van der Waals surface area contributed by atoms with E-state index in [2.05, 4.69) is 4.90 Å². The molecule has 0 aromatic heterocycles. The van der Waals surface area contributed by atoms with Gasteiger partial charge in [-0.05, 0) is 56.5 Å². The maximum Gasteiger partial charge on any atom is 0.215 e. The van der Waals surface area contributed by atoms with E-state index in [1.165, 1.54) is 6.07 Å². The number of piperidine rings is 1. The maximum absolute atomic E-state index is 14.1. The van der Waals surface area contributed by atoms with Gasteiger partial charge in [-0.1, -0.05) is 0 Å². The summed E-state index contributed by atoms with van der Waals surface area (Å²) in [5, 5.41) is 16.6. The average Bonchev–Trinajstić information content (AvgIpc) is 3.26. The van der Waals surface area contributed by atoms with Crippen LogP contribution in [0.3, 0.4) is 0 Å². The summed E-state index contributed by atoms with van der Waals surface area (Å²) in [5.41, 5.74) is 2.71. The summed E-state index contributed by atoms with van der Waals surface area (Å²) in [4.78, 5) is 4.28. The predicted octanol–water partition coefficient (Wildman–Crippen LogP) is 2.32. The second kappa shape index (κ2) is 9.13. The van der Waals surface area contributed by atoms with E-state index >= 15 is 0 Å². The van der Waals surface area contributed by atoms with Crippen LogP contribution in [-0.2, 0) is 9.47 Å². The van der Waals surface area contributed by atoms with Gasteiger partial charge in [0, 0.05) is 24.4 Å². The van der Waals surface area contributed by atoms with Crippen molar-refractivity contribution in [3.63, 3.8) is 0 Å². The maximum atomic E-state index is 14.1. The van der Waals surface area contributed by atoms with E-state index in [1.807, 2.05) is 5.48 Å². The van der Waals surface area contributed by atoms with Crippen molar-refractivity contribution < 1.29 is 23.8 Å². The van der Waals surface area contributed by atoms with E-state index in [0.29, 0.717) is 31.7 Å². The molecule has 8 nitrogen and oxygen atoms in total. The molecule has 0 bridgehead atoms. The van der Waals surface area contributed by atoms with Crippen molar-refractivity contribution in [3.05, 3.63) is 29.6 Å². The minimum absolute atomic E-state index is 0.0253. The first-order chi connectivity index (χ1) is 15.5. The first-order valence-electron chi connectivity index (χ1n) is 11.7. The highest BCUT2D eigenvalue weighted by Crippen LogP contribution is 2.40. The molecule has 1 aromatic rings.